The van der Waals surface area contributed by atoms with E-state index in [1.54, 1.807) is 12.1 Å². The van der Waals surface area contributed by atoms with Gasteiger partial charge in [0.1, 0.15) is 11.2 Å². The highest BCUT2D eigenvalue weighted by Gasteiger charge is 2.58. The molecule has 0 unspecified atom stereocenters. The van der Waals surface area contributed by atoms with Crippen molar-refractivity contribution in [3.8, 4) is 5.75 Å². The number of carbonyl (C=O) groups excluding carboxylic acids is 1. The summed E-state index contributed by atoms with van der Waals surface area (Å²) in [6, 6.07) is 5.87. The maximum atomic E-state index is 12.1. The lowest BCUT2D eigenvalue weighted by Gasteiger charge is -2.21. The fourth-order valence-electron chi connectivity index (χ4n) is 2.13. The molecule has 21 heavy (non-hydrogen) atoms. The highest BCUT2D eigenvalue weighted by atomic mass is 19.3. The van der Waals surface area contributed by atoms with Crippen LogP contribution in [-0.2, 0) is 16.1 Å². The van der Waals surface area contributed by atoms with Gasteiger partial charge in [0.05, 0.1) is 0 Å². The molecule has 1 aliphatic carbocycles. The molecule has 114 valence electrons. The van der Waals surface area contributed by atoms with E-state index in [2.05, 4.69) is 4.74 Å². The third-order valence-electron chi connectivity index (χ3n) is 3.48. The normalized spacial score (nSPS) is 15.6. The van der Waals surface area contributed by atoms with Crippen molar-refractivity contribution < 1.29 is 28.2 Å². The van der Waals surface area contributed by atoms with Crippen LogP contribution in [0.2, 0.25) is 0 Å². The molecular weight excluding hydrogens is 284 g/mol. The first-order chi connectivity index (χ1) is 9.85. The maximum Gasteiger partial charge on any atom is 0.387 e. The molecule has 0 aromatic heterocycles. The van der Waals surface area contributed by atoms with Crippen molar-refractivity contribution in [1.82, 2.24) is 4.90 Å². The topological polar surface area (TPSA) is 66.8 Å². The van der Waals surface area contributed by atoms with Crippen LogP contribution in [0.5, 0.6) is 5.75 Å². The van der Waals surface area contributed by atoms with Crippen LogP contribution in [0, 0.1) is 5.41 Å². The molecule has 1 saturated carbocycles. The Bertz CT molecular complexity index is 540. The van der Waals surface area contributed by atoms with Gasteiger partial charge in [0.2, 0.25) is 5.91 Å². The van der Waals surface area contributed by atoms with E-state index in [0.717, 1.165) is 0 Å². The Labute approximate surface area is 120 Å². The second kappa shape index (κ2) is 5.67. The van der Waals surface area contributed by atoms with Crippen LogP contribution >= 0.6 is 0 Å². The lowest BCUT2D eigenvalue weighted by Crippen LogP contribution is -2.38. The van der Waals surface area contributed by atoms with Gasteiger partial charge in [-0.15, -0.1) is 0 Å². The fraction of sp³-hybridized carbons (Fsp3) is 0.429. The zero-order valence-electron chi connectivity index (χ0n) is 11.4. The number of benzene rings is 1. The molecule has 7 heteroatoms. The quantitative estimate of drug-likeness (QED) is 0.817. The summed E-state index contributed by atoms with van der Waals surface area (Å²) in [5, 5.41) is 9.07. The second-order valence-corrected chi connectivity index (χ2v) is 5.07. The number of rotatable bonds is 6. The summed E-state index contributed by atoms with van der Waals surface area (Å²) in [5.41, 5.74) is -0.568. The Morgan fingerprint density at radius 3 is 2.33 bits per heavy atom. The number of amides is 1. The predicted octanol–water partition coefficient (Wildman–Crippen LogP) is 2.11. The van der Waals surface area contributed by atoms with E-state index >= 15 is 0 Å². The molecule has 1 aliphatic rings. The number of aliphatic carboxylic acids is 1. The first-order valence-corrected chi connectivity index (χ1v) is 6.38. The summed E-state index contributed by atoms with van der Waals surface area (Å²) >= 11 is 0. The average Bonchev–Trinajstić information content (AvgIpc) is 3.21. The monoisotopic (exact) mass is 299 g/mol. The molecule has 0 spiro atoms. The van der Waals surface area contributed by atoms with Crippen LogP contribution in [0.4, 0.5) is 8.78 Å². The highest BCUT2D eigenvalue weighted by Crippen LogP contribution is 2.47. The Kier molecular flexibility index (Phi) is 4.11. The zero-order chi connectivity index (χ0) is 15.6. The summed E-state index contributed by atoms with van der Waals surface area (Å²) in [4.78, 5) is 24.5. The van der Waals surface area contributed by atoms with Crippen molar-refractivity contribution >= 4 is 11.9 Å². The molecule has 2 rings (SSSR count). The van der Waals surface area contributed by atoms with Crippen molar-refractivity contribution in [3.05, 3.63) is 29.8 Å². The number of carboxylic acid groups (broad SMARTS) is 1. The molecule has 0 saturated heterocycles. The van der Waals surface area contributed by atoms with Gasteiger partial charge in [-0.1, -0.05) is 12.1 Å². The number of ether oxygens (including phenoxy) is 1. The van der Waals surface area contributed by atoms with Gasteiger partial charge in [-0.3, -0.25) is 9.59 Å². The van der Waals surface area contributed by atoms with Crippen LogP contribution < -0.4 is 4.74 Å². The lowest BCUT2D eigenvalue weighted by atomic mass is 10.1. The van der Waals surface area contributed by atoms with Gasteiger partial charge in [-0.25, -0.2) is 0 Å². The van der Waals surface area contributed by atoms with Crippen LogP contribution in [0.3, 0.4) is 0 Å². The lowest BCUT2D eigenvalue weighted by molar-refractivity contribution is -0.153. The minimum absolute atomic E-state index is 0.0342. The predicted molar refractivity (Wildman–Crippen MR) is 68.9 cm³/mol. The summed E-state index contributed by atoms with van der Waals surface area (Å²) in [6.07, 6.45) is 0.708. The number of hydrogen-bond donors (Lipinski definition) is 1. The molecule has 0 aliphatic heterocycles. The first kappa shape index (κ1) is 15.2. The number of carbonyl (C=O) groups is 2. The average molecular weight is 299 g/mol. The Morgan fingerprint density at radius 1 is 1.33 bits per heavy atom. The number of hydrogen-bond acceptors (Lipinski definition) is 3. The van der Waals surface area contributed by atoms with Gasteiger partial charge in [-0.2, -0.15) is 8.78 Å². The minimum Gasteiger partial charge on any atom is -0.480 e. The van der Waals surface area contributed by atoms with Gasteiger partial charge in [0, 0.05) is 13.6 Å². The number of alkyl halides is 2. The summed E-state index contributed by atoms with van der Waals surface area (Å²) < 4.78 is 28.3. The molecule has 0 atom stereocenters. The van der Waals surface area contributed by atoms with Crippen LogP contribution in [0.15, 0.2) is 24.3 Å². The third kappa shape index (κ3) is 3.29. The van der Waals surface area contributed by atoms with Gasteiger partial charge < -0.3 is 14.7 Å². The van der Waals surface area contributed by atoms with E-state index in [1.165, 1.54) is 24.1 Å². The van der Waals surface area contributed by atoms with Gasteiger partial charge in [-0.05, 0) is 30.5 Å². The third-order valence-corrected chi connectivity index (χ3v) is 3.48. The summed E-state index contributed by atoms with van der Waals surface area (Å²) in [6.45, 7) is -2.67. The van der Waals surface area contributed by atoms with E-state index in [1.807, 2.05) is 0 Å². The number of carboxylic acids is 1. The minimum atomic E-state index is -2.88. The summed E-state index contributed by atoms with van der Waals surface area (Å²) in [5.74, 6) is -1.49. The fourth-order valence-corrected chi connectivity index (χ4v) is 2.13. The van der Waals surface area contributed by atoms with Gasteiger partial charge in [0.15, 0.2) is 0 Å². The van der Waals surface area contributed by atoms with E-state index in [0.29, 0.717) is 18.4 Å². The largest absolute Gasteiger partial charge is 0.480 e. The Hall–Kier alpha value is -2.18. The molecule has 0 heterocycles. The van der Waals surface area contributed by atoms with Gasteiger partial charge in [0.25, 0.3) is 0 Å². The number of nitrogens with zero attached hydrogens (tertiary/aromatic N) is 1. The standard InChI is InChI=1S/C14H15F2NO4/c1-17(11(18)14(6-7-14)12(19)20)8-9-2-4-10(5-3-9)21-13(15)16/h2-5,13H,6-8H2,1H3,(H,19,20). The molecular formula is C14H15F2NO4. The van der Waals surface area contributed by atoms with Crippen molar-refractivity contribution in [2.75, 3.05) is 7.05 Å². The van der Waals surface area contributed by atoms with Crippen molar-refractivity contribution in [1.29, 1.82) is 0 Å². The first-order valence-electron chi connectivity index (χ1n) is 6.38. The van der Waals surface area contributed by atoms with Crippen LogP contribution in [0.1, 0.15) is 18.4 Å². The highest BCUT2D eigenvalue weighted by molar-refractivity contribution is 6.04. The molecule has 1 fully saturated rings. The molecule has 1 amide bonds. The number of halogens is 2. The van der Waals surface area contributed by atoms with Crippen LogP contribution in [-0.4, -0.2) is 35.5 Å². The maximum absolute atomic E-state index is 12.1. The van der Waals surface area contributed by atoms with Crippen molar-refractivity contribution in [2.45, 2.75) is 26.0 Å². The smallest absolute Gasteiger partial charge is 0.387 e. The molecule has 1 aromatic carbocycles. The molecule has 1 N–H and O–H groups in total. The van der Waals surface area contributed by atoms with E-state index in [4.69, 9.17) is 5.11 Å². The molecule has 5 nitrogen and oxygen atoms in total. The molecule has 0 bridgehead atoms. The van der Waals surface area contributed by atoms with Crippen LogP contribution in [0.25, 0.3) is 0 Å². The van der Waals surface area contributed by atoms with Crippen molar-refractivity contribution in [2.24, 2.45) is 5.41 Å². The molecule has 1 aromatic rings. The van der Waals surface area contributed by atoms with Crippen molar-refractivity contribution in [3.63, 3.8) is 0 Å². The Balaban J connectivity index is 1.98. The van der Waals surface area contributed by atoms with E-state index in [-0.39, 0.29) is 12.3 Å². The van der Waals surface area contributed by atoms with Gasteiger partial charge >= 0.3 is 12.6 Å². The molecule has 0 radical (unpaired) electrons. The van der Waals surface area contributed by atoms with E-state index in [9.17, 15) is 18.4 Å². The zero-order valence-corrected chi connectivity index (χ0v) is 11.4. The summed E-state index contributed by atoms with van der Waals surface area (Å²) in [7, 11) is 1.52. The second-order valence-electron chi connectivity index (χ2n) is 5.07. The van der Waals surface area contributed by atoms with E-state index < -0.39 is 23.9 Å². The Morgan fingerprint density at radius 2 is 1.90 bits per heavy atom. The SMILES string of the molecule is CN(Cc1ccc(OC(F)F)cc1)C(=O)C1(C(=O)O)CC1.